The van der Waals surface area contributed by atoms with Gasteiger partial charge in [-0.15, -0.1) is 0 Å². The SMILES string of the molecule is C/C(=N/NC(=O)C1CC1)c1ccc(OCC#N)cc1. The largest absolute Gasteiger partial charge is 0.479 e. The maximum absolute atomic E-state index is 11.4. The number of nitriles is 1. The van der Waals surface area contributed by atoms with Gasteiger partial charge < -0.3 is 4.74 Å². The first-order valence-corrected chi connectivity index (χ1v) is 6.15. The average molecular weight is 257 g/mol. The van der Waals surface area contributed by atoms with Crippen LogP contribution < -0.4 is 10.2 Å². The molecule has 98 valence electrons. The van der Waals surface area contributed by atoms with E-state index in [1.165, 1.54) is 0 Å². The van der Waals surface area contributed by atoms with Crippen molar-refractivity contribution in [3.63, 3.8) is 0 Å². The van der Waals surface area contributed by atoms with Crippen molar-refractivity contribution in [2.45, 2.75) is 19.8 Å². The summed E-state index contributed by atoms with van der Waals surface area (Å²) >= 11 is 0. The Hall–Kier alpha value is -2.35. The van der Waals surface area contributed by atoms with Crippen molar-refractivity contribution in [2.75, 3.05) is 6.61 Å². The summed E-state index contributed by atoms with van der Waals surface area (Å²) in [6.07, 6.45) is 1.93. The smallest absolute Gasteiger partial charge is 0.243 e. The molecule has 0 heterocycles. The van der Waals surface area contributed by atoms with Crippen molar-refractivity contribution in [3.05, 3.63) is 29.8 Å². The Morgan fingerprint density at radius 2 is 2.16 bits per heavy atom. The van der Waals surface area contributed by atoms with E-state index in [1.54, 1.807) is 12.1 Å². The van der Waals surface area contributed by atoms with Crippen molar-refractivity contribution >= 4 is 11.6 Å². The van der Waals surface area contributed by atoms with Gasteiger partial charge in [0.2, 0.25) is 5.91 Å². The predicted molar refractivity (Wildman–Crippen MR) is 70.6 cm³/mol. The Morgan fingerprint density at radius 1 is 1.47 bits per heavy atom. The van der Waals surface area contributed by atoms with Crippen LogP contribution in [0.4, 0.5) is 0 Å². The van der Waals surface area contributed by atoms with Gasteiger partial charge >= 0.3 is 0 Å². The molecule has 5 nitrogen and oxygen atoms in total. The summed E-state index contributed by atoms with van der Waals surface area (Å²) in [7, 11) is 0. The predicted octanol–water partition coefficient (Wildman–Crippen LogP) is 1.84. The molecular weight excluding hydrogens is 242 g/mol. The summed E-state index contributed by atoms with van der Waals surface area (Å²) < 4.78 is 5.16. The maximum Gasteiger partial charge on any atom is 0.243 e. The molecule has 1 aromatic carbocycles. The van der Waals surface area contributed by atoms with Crippen molar-refractivity contribution in [3.8, 4) is 11.8 Å². The highest BCUT2D eigenvalue weighted by Crippen LogP contribution is 2.28. The van der Waals surface area contributed by atoms with Crippen LogP contribution in [0.2, 0.25) is 0 Å². The average Bonchev–Trinajstić information content (AvgIpc) is 3.27. The zero-order valence-electron chi connectivity index (χ0n) is 10.7. The Balaban J connectivity index is 1.94. The molecule has 1 fully saturated rings. The molecule has 1 amide bonds. The highest BCUT2D eigenvalue weighted by molar-refractivity contribution is 5.99. The minimum absolute atomic E-state index is 0.00618. The van der Waals surface area contributed by atoms with Gasteiger partial charge in [-0.25, -0.2) is 5.43 Å². The first kappa shape index (κ1) is 13.1. The van der Waals surface area contributed by atoms with E-state index in [1.807, 2.05) is 25.1 Å². The number of hydrogen-bond donors (Lipinski definition) is 1. The van der Waals surface area contributed by atoms with Crippen molar-refractivity contribution < 1.29 is 9.53 Å². The first-order valence-electron chi connectivity index (χ1n) is 6.15. The third-order valence-corrected chi connectivity index (χ3v) is 2.86. The van der Waals surface area contributed by atoms with E-state index in [2.05, 4.69) is 10.5 Å². The second-order valence-electron chi connectivity index (χ2n) is 4.42. The fourth-order valence-corrected chi connectivity index (χ4v) is 1.55. The van der Waals surface area contributed by atoms with Gasteiger partial charge in [0.25, 0.3) is 0 Å². The summed E-state index contributed by atoms with van der Waals surface area (Å²) in [6.45, 7) is 1.86. The molecule has 0 radical (unpaired) electrons. The molecular formula is C14H15N3O2. The van der Waals surface area contributed by atoms with E-state index in [4.69, 9.17) is 10.00 Å². The van der Waals surface area contributed by atoms with E-state index in [0.29, 0.717) is 5.75 Å². The van der Waals surface area contributed by atoms with Crippen LogP contribution in [0.3, 0.4) is 0 Å². The van der Waals surface area contributed by atoms with Crippen molar-refractivity contribution in [1.82, 2.24) is 5.43 Å². The molecule has 0 aliphatic heterocycles. The first-order chi connectivity index (χ1) is 9.20. The molecule has 0 saturated heterocycles. The summed E-state index contributed by atoms with van der Waals surface area (Å²) in [4.78, 5) is 11.4. The molecule has 0 aromatic heterocycles. The highest BCUT2D eigenvalue weighted by Gasteiger charge is 2.29. The van der Waals surface area contributed by atoms with Crippen LogP contribution in [0.1, 0.15) is 25.3 Å². The minimum Gasteiger partial charge on any atom is -0.479 e. The number of hydrazone groups is 1. The monoisotopic (exact) mass is 257 g/mol. The van der Waals surface area contributed by atoms with Crippen molar-refractivity contribution in [1.29, 1.82) is 5.26 Å². The van der Waals surface area contributed by atoms with E-state index in [-0.39, 0.29) is 18.4 Å². The topological polar surface area (TPSA) is 74.5 Å². The molecule has 1 N–H and O–H groups in total. The van der Waals surface area contributed by atoms with E-state index in [0.717, 1.165) is 24.1 Å². The molecule has 0 unspecified atom stereocenters. The van der Waals surface area contributed by atoms with Crippen LogP contribution >= 0.6 is 0 Å². The lowest BCUT2D eigenvalue weighted by molar-refractivity contribution is -0.122. The van der Waals surface area contributed by atoms with Gasteiger partial charge in [0.15, 0.2) is 6.61 Å². The summed E-state index contributed by atoms with van der Waals surface area (Å²) in [5.74, 6) is 0.784. The highest BCUT2D eigenvalue weighted by atomic mass is 16.5. The van der Waals surface area contributed by atoms with E-state index < -0.39 is 0 Å². The Kier molecular flexibility index (Phi) is 4.14. The number of ether oxygens (including phenoxy) is 1. The van der Waals surface area contributed by atoms with Gasteiger partial charge in [0, 0.05) is 5.92 Å². The van der Waals surface area contributed by atoms with Gasteiger partial charge in [-0.2, -0.15) is 10.4 Å². The van der Waals surface area contributed by atoms with Gasteiger partial charge in [-0.3, -0.25) is 4.79 Å². The summed E-state index contributed by atoms with van der Waals surface area (Å²) in [5.41, 5.74) is 4.21. The van der Waals surface area contributed by atoms with Crippen LogP contribution in [0.5, 0.6) is 5.75 Å². The number of hydrogen-bond acceptors (Lipinski definition) is 4. The molecule has 0 atom stereocenters. The number of nitrogens with zero attached hydrogens (tertiary/aromatic N) is 2. The van der Waals surface area contributed by atoms with Crippen LogP contribution in [0.15, 0.2) is 29.4 Å². The Morgan fingerprint density at radius 3 is 2.74 bits per heavy atom. The number of carbonyl (C=O) groups excluding carboxylic acids is 1. The Labute approximate surface area is 111 Å². The number of benzene rings is 1. The van der Waals surface area contributed by atoms with Crippen LogP contribution in [-0.2, 0) is 4.79 Å². The maximum atomic E-state index is 11.4. The lowest BCUT2D eigenvalue weighted by Crippen LogP contribution is -2.20. The Bertz CT molecular complexity index is 525. The zero-order chi connectivity index (χ0) is 13.7. The van der Waals surface area contributed by atoms with Gasteiger partial charge in [0.05, 0.1) is 5.71 Å². The van der Waals surface area contributed by atoms with Crippen LogP contribution in [0, 0.1) is 17.2 Å². The van der Waals surface area contributed by atoms with E-state index >= 15 is 0 Å². The number of nitrogens with one attached hydrogen (secondary N) is 1. The van der Waals surface area contributed by atoms with Gasteiger partial charge in [0.1, 0.15) is 11.8 Å². The summed E-state index contributed by atoms with van der Waals surface area (Å²) in [5, 5.41) is 12.5. The quantitative estimate of drug-likeness (QED) is 0.646. The molecule has 1 saturated carbocycles. The normalized spacial score (nSPS) is 14.6. The van der Waals surface area contributed by atoms with E-state index in [9.17, 15) is 4.79 Å². The number of rotatable bonds is 5. The third kappa shape index (κ3) is 3.81. The molecule has 5 heteroatoms. The second kappa shape index (κ2) is 6.01. The number of carbonyl (C=O) groups is 1. The fourth-order valence-electron chi connectivity index (χ4n) is 1.55. The lowest BCUT2D eigenvalue weighted by Gasteiger charge is -2.04. The number of amides is 1. The van der Waals surface area contributed by atoms with Gasteiger partial charge in [-0.05, 0) is 49.6 Å². The summed E-state index contributed by atoms with van der Waals surface area (Å²) in [6, 6.07) is 9.14. The molecule has 0 spiro atoms. The standard InChI is InChI=1S/C14H15N3O2/c1-10(16-17-14(18)12-2-3-12)11-4-6-13(7-5-11)19-9-8-15/h4-7,12H,2-3,9H2,1H3,(H,17,18)/b16-10-. The van der Waals surface area contributed by atoms with Crippen molar-refractivity contribution in [2.24, 2.45) is 11.0 Å². The molecule has 0 bridgehead atoms. The minimum atomic E-state index is -0.00618. The molecule has 2 rings (SSSR count). The molecule has 1 aliphatic carbocycles. The molecule has 1 aromatic rings. The van der Waals surface area contributed by atoms with Crippen LogP contribution in [0.25, 0.3) is 0 Å². The molecule has 1 aliphatic rings. The van der Waals surface area contributed by atoms with Gasteiger partial charge in [-0.1, -0.05) is 0 Å². The van der Waals surface area contributed by atoms with Crippen LogP contribution in [-0.4, -0.2) is 18.2 Å². The lowest BCUT2D eigenvalue weighted by atomic mass is 10.1. The fraction of sp³-hybridized carbons (Fsp3) is 0.357. The molecule has 19 heavy (non-hydrogen) atoms. The second-order valence-corrected chi connectivity index (χ2v) is 4.42. The third-order valence-electron chi connectivity index (χ3n) is 2.86. The zero-order valence-corrected chi connectivity index (χ0v) is 10.7.